The molecule has 0 radical (unpaired) electrons. The van der Waals surface area contributed by atoms with E-state index in [1.807, 2.05) is 13.1 Å². The van der Waals surface area contributed by atoms with E-state index >= 15 is 0 Å². The first kappa shape index (κ1) is 15.0. The van der Waals surface area contributed by atoms with Gasteiger partial charge in [0.05, 0.1) is 5.02 Å². The Morgan fingerprint density at radius 2 is 1.94 bits per heavy atom. The van der Waals surface area contributed by atoms with Gasteiger partial charge in [-0.05, 0) is 53.0 Å². The lowest BCUT2D eigenvalue weighted by atomic mass is 9.91. The van der Waals surface area contributed by atoms with Crippen LogP contribution in [0.25, 0.3) is 0 Å². The predicted molar refractivity (Wildman–Crippen MR) is 79.6 cm³/mol. The minimum atomic E-state index is 0.411. The Morgan fingerprint density at radius 1 is 1.29 bits per heavy atom. The van der Waals surface area contributed by atoms with Crippen LogP contribution in [0.4, 0.5) is 0 Å². The lowest BCUT2D eigenvalue weighted by Crippen LogP contribution is -2.19. The normalized spacial score (nSPS) is 13.1. The fraction of sp³-hybridized carbons (Fsp3) is 0.571. The Labute approximate surface area is 118 Å². The fourth-order valence-electron chi connectivity index (χ4n) is 2.11. The highest BCUT2D eigenvalue weighted by Gasteiger charge is 2.15. The molecule has 0 saturated heterocycles. The molecule has 1 atom stereocenters. The van der Waals surface area contributed by atoms with Gasteiger partial charge < -0.3 is 5.32 Å². The van der Waals surface area contributed by atoms with Gasteiger partial charge in [-0.25, -0.2) is 0 Å². The molecule has 17 heavy (non-hydrogen) atoms. The van der Waals surface area contributed by atoms with E-state index in [0.29, 0.717) is 6.04 Å². The molecular formula is C14H21BrClN. The van der Waals surface area contributed by atoms with Crippen molar-refractivity contribution in [3.8, 4) is 0 Å². The van der Waals surface area contributed by atoms with Crippen LogP contribution in [0.5, 0.6) is 0 Å². The van der Waals surface area contributed by atoms with Gasteiger partial charge >= 0.3 is 0 Å². The van der Waals surface area contributed by atoms with E-state index in [2.05, 4.69) is 47.2 Å². The zero-order valence-electron chi connectivity index (χ0n) is 10.8. The third-order valence-electron chi connectivity index (χ3n) is 3.42. The summed E-state index contributed by atoms with van der Waals surface area (Å²) < 4.78 is 0.974. The monoisotopic (exact) mass is 317 g/mol. The van der Waals surface area contributed by atoms with Crippen LogP contribution in [0.2, 0.25) is 5.02 Å². The van der Waals surface area contributed by atoms with E-state index in [0.717, 1.165) is 15.4 Å². The van der Waals surface area contributed by atoms with Crippen LogP contribution >= 0.6 is 27.5 Å². The summed E-state index contributed by atoms with van der Waals surface area (Å²) in [7, 11) is 2.02. The molecule has 0 amide bonds. The number of benzene rings is 1. The Morgan fingerprint density at radius 3 is 2.41 bits per heavy atom. The summed E-state index contributed by atoms with van der Waals surface area (Å²) in [6.45, 7) is 4.53. The summed E-state index contributed by atoms with van der Waals surface area (Å²) in [5, 5.41) is 4.17. The first-order chi connectivity index (χ1) is 8.12. The number of halogens is 2. The minimum absolute atomic E-state index is 0.411. The molecule has 1 nitrogen and oxygen atoms in total. The van der Waals surface area contributed by atoms with Crippen LogP contribution in [0.1, 0.15) is 44.7 Å². The zero-order chi connectivity index (χ0) is 12.8. The van der Waals surface area contributed by atoms with Crippen LogP contribution in [0, 0.1) is 5.92 Å². The molecule has 0 fully saturated rings. The van der Waals surface area contributed by atoms with Crippen molar-refractivity contribution in [3.63, 3.8) is 0 Å². The van der Waals surface area contributed by atoms with Crippen molar-refractivity contribution in [1.29, 1.82) is 0 Å². The van der Waals surface area contributed by atoms with Crippen LogP contribution in [0.3, 0.4) is 0 Å². The highest BCUT2D eigenvalue weighted by Crippen LogP contribution is 2.30. The Kier molecular flexibility index (Phi) is 6.53. The average Bonchev–Trinajstić information content (AvgIpc) is 2.35. The van der Waals surface area contributed by atoms with E-state index in [-0.39, 0.29) is 0 Å². The van der Waals surface area contributed by atoms with E-state index in [4.69, 9.17) is 11.6 Å². The smallest absolute Gasteiger partial charge is 0.0548 e. The molecule has 0 heterocycles. The van der Waals surface area contributed by atoms with Crippen LogP contribution in [-0.4, -0.2) is 7.05 Å². The van der Waals surface area contributed by atoms with E-state index in [9.17, 15) is 0 Å². The standard InChI is InChI=1S/C14H21BrClN/c1-4-10(5-2)8-14(17-3)11-6-7-13(16)12(15)9-11/h6-7,9-10,14,17H,4-5,8H2,1-3H3. The highest BCUT2D eigenvalue weighted by atomic mass is 79.9. The maximum atomic E-state index is 6.02. The second-order valence-corrected chi connectivity index (χ2v) is 5.69. The maximum Gasteiger partial charge on any atom is 0.0548 e. The van der Waals surface area contributed by atoms with Gasteiger partial charge in [-0.2, -0.15) is 0 Å². The van der Waals surface area contributed by atoms with Gasteiger partial charge in [0, 0.05) is 10.5 Å². The molecule has 1 aromatic carbocycles. The maximum absolute atomic E-state index is 6.02. The first-order valence-electron chi connectivity index (χ1n) is 6.24. The third kappa shape index (κ3) is 4.27. The molecule has 0 spiro atoms. The van der Waals surface area contributed by atoms with Gasteiger partial charge in [0.15, 0.2) is 0 Å². The Balaban J connectivity index is 2.82. The molecule has 0 aliphatic rings. The van der Waals surface area contributed by atoms with E-state index in [1.54, 1.807) is 0 Å². The highest BCUT2D eigenvalue weighted by molar-refractivity contribution is 9.10. The van der Waals surface area contributed by atoms with Gasteiger partial charge in [-0.1, -0.05) is 44.4 Å². The van der Waals surface area contributed by atoms with E-state index < -0.39 is 0 Å². The van der Waals surface area contributed by atoms with Crippen molar-refractivity contribution in [2.24, 2.45) is 5.92 Å². The topological polar surface area (TPSA) is 12.0 Å². The van der Waals surface area contributed by atoms with Crippen LogP contribution < -0.4 is 5.32 Å². The number of nitrogens with one attached hydrogen (secondary N) is 1. The third-order valence-corrected chi connectivity index (χ3v) is 4.63. The minimum Gasteiger partial charge on any atom is -0.313 e. The molecule has 0 saturated carbocycles. The van der Waals surface area contributed by atoms with Crippen molar-refractivity contribution in [3.05, 3.63) is 33.3 Å². The largest absolute Gasteiger partial charge is 0.313 e. The summed E-state index contributed by atoms with van der Waals surface area (Å²) in [6.07, 6.45) is 3.66. The van der Waals surface area contributed by atoms with Crippen molar-refractivity contribution in [2.75, 3.05) is 7.05 Å². The molecule has 0 aromatic heterocycles. The predicted octanol–water partition coefficient (Wildman–Crippen LogP) is 5.19. The summed E-state index contributed by atoms with van der Waals surface area (Å²) >= 11 is 9.51. The molecule has 1 aromatic rings. The molecule has 0 aliphatic carbocycles. The average molecular weight is 319 g/mol. The first-order valence-corrected chi connectivity index (χ1v) is 7.41. The molecule has 1 rings (SSSR count). The van der Waals surface area contributed by atoms with Crippen LogP contribution in [-0.2, 0) is 0 Å². The lowest BCUT2D eigenvalue weighted by Gasteiger charge is -2.22. The van der Waals surface area contributed by atoms with E-state index in [1.165, 1.54) is 24.8 Å². The van der Waals surface area contributed by atoms with Crippen molar-refractivity contribution < 1.29 is 0 Å². The summed E-state index contributed by atoms with van der Waals surface area (Å²) in [6, 6.07) is 6.59. The van der Waals surface area contributed by atoms with Crippen molar-refractivity contribution in [2.45, 2.75) is 39.2 Å². The van der Waals surface area contributed by atoms with Gasteiger partial charge in [-0.3, -0.25) is 0 Å². The van der Waals surface area contributed by atoms with Gasteiger partial charge in [0.25, 0.3) is 0 Å². The summed E-state index contributed by atoms with van der Waals surface area (Å²) in [4.78, 5) is 0. The molecule has 0 aliphatic heterocycles. The molecule has 1 unspecified atom stereocenters. The zero-order valence-corrected chi connectivity index (χ0v) is 13.1. The number of rotatable bonds is 6. The Bertz CT molecular complexity index is 350. The number of hydrogen-bond acceptors (Lipinski definition) is 1. The van der Waals surface area contributed by atoms with Gasteiger partial charge in [-0.15, -0.1) is 0 Å². The molecule has 96 valence electrons. The van der Waals surface area contributed by atoms with Gasteiger partial charge in [0.1, 0.15) is 0 Å². The molecular weight excluding hydrogens is 298 g/mol. The summed E-state index contributed by atoms with van der Waals surface area (Å²) in [5.41, 5.74) is 1.30. The van der Waals surface area contributed by atoms with Crippen molar-refractivity contribution in [1.82, 2.24) is 5.32 Å². The molecule has 1 N–H and O–H groups in total. The second-order valence-electron chi connectivity index (χ2n) is 4.43. The SMILES string of the molecule is CCC(CC)CC(NC)c1ccc(Cl)c(Br)c1. The Hall–Kier alpha value is -0.0500. The fourth-order valence-corrected chi connectivity index (χ4v) is 2.62. The van der Waals surface area contributed by atoms with Crippen molar-refractivity contribution >= 4 is 27.5 Å². The number of hydrogen-bond donors (Lipinski definition) is 1. The lowest BCUT2D eigenvalue weighted by molar-refractivity contribution is 0.385. The second kappa shape index (κ2) is 7.40. The molecule has 3 heteroatoms. The van der Waals surface area contributed by atoms with Gasteiger partial charge in [0.2, 0.25) is 0 Å². The van der Waals surface area contributed by atoms with Crippen LogP contribution in [0.15, 0.2) is 22.7 Å². The quantitative estimate of drug-likeness (QED) is 0.761. The molecule has 0 bridgehead atoms. The summed E-state index contributed by atoms with van der Waals surface area (Å²) in [5.74, 6) is 0.780.